The van der Waals surface area contributed by atoms with Crippen molar-refractivity contribution >= 4 is 43.1 Å². The molecule has 1 unspecified atom stereocenters. The van der Waals surface area contributed by atoms with Crippen LogP contribution in [0.1, 0.15) is 45.9 Å². The van der Waals surface area contributed by atoms with Crippen molar-refractivity contribution in [1.29, 1.82) is 0 Å². The van der Waals surface area contributed by atoms with Gasteiger partial charge in [0.2, 0.25) is 0 Å². The summed E-state index contributed by atoms with van der Waals surface area (Å²) in [5, 5.41) is 3.67. The van der Waals surface area contributed by atoms with E-state index in [1.54, 1.807) is 11.1 Å². The molecule has 1 N–H and O–H groups in total. The number of pyridine rings is 2. The molecular weight excluding hydrogens is 507 g/mol. The highest BCUT2D eigenvalue weighted by molar-refractivity contribution is 5.96. The lowest BCUT2D eigenvalue weighted by molar-refractivity contribution is 0.0781. The lowest BCUT2D eigenvalue weighted by atomic mass is 9.99. The molecule has 0 bridgehead atoms. The quantitative estimate of drug-likeness (QED) is 0.363. The van der Waals surface area contributed by atoms with E-state index in [-0.39, 0.29) is 49.2 Å². The first-order valence-electron chi connectivity index (χ1n) is 11.2. The Morgan fingerprint density at radius 3 is 2.60 bits per heavy atom. The molecule has 2 aromatic heterocycles. The first kappa shape index (κ1) is 30.7. The molecule has 1 aliphatic heterocycles. The van der Waals surface area contributed by atoms with Gasteiger partial charge in [0.15, 0.2) is 0 Å². The van der Waals surface area contributed by atoms with Gasteiger partial charge in [-0.3, -0.25) is 14.8 Å². The number of hydrogen-bond donors (Lipinski definition) is 1. The van der Waals surface area contributed by atoms with Gasteiger partial charge in [-0.15, -0.1) is 37.2 Å². The average Bonchev–Trinajstić information content (AvgIpc) is 2.84. The molecule has 0 aliphatic carbocycles. The standard InChI is InChI=1S/C26H30N4O2.3ClH/c1-30-16-11-22-18-23(6-7-24(22)26(30)31)32-17-3-13-29-25(21-9-14-27-15-10-21)8-5-20-4-2-12-28-19-20;;;/h2,4,6-7,9-10,12,14-15,18-19,25,29H,3,5,8,11,13,16-17H2,1H3;3*1H. The molecule has 1 aromatic carbocycles. The molecule has 0 saturated heterocycles. The number of nitrogens with one attached hydrogen (secondary N) is 1. The van der Waals surface area contributed by atoms with Gasteiger partial charge in [0, 0.05) is 50.0 Å². The van der Waals surface area contributed by atoms with Crippen molar-refractivity contribution in [3.63, 3.8) is 0 Å². The number of aromatic nitrogens is 2. The number of carbonyl (C=O) groups is 1. The largest absolute Gasteiger partial charge is 0.494 e. The third kappa shape index (κ3) is 8.65. The van der Waals surface area contributed by atoms with Crippen LogP contribution in [-0.4, -0.2) is 47.5 Å². The van der Waals surface area contributed by atoms with Gasteiger partial charge >= 0.3 is 0 Å². The molecule has 190 valence electrons. The van der Waals surface area contributed by atoms with Crippen LogP contribution in [0.15, 0.2) is 67.3 Å². The van der Waals surface area contributed by atoms with Crippen molar-refractivity contribution < 1.29 is 9.53 Å². The maximum absolute atomic E-state index is 12.2. The van der Waals surface area contributed by atoms with Crippen LogP contribution in [0.2, 0.25) is 0 Å². The first-order valence-corrected chi connectivity index (χ1v) is 11.2. The summed E-state index contributed by atoms with van der Waals surface area (Å²) >= 11 is 0. The molecule has 3 heterocycles. The first-order chi connectivity index (χ1) is 15.7. The Labute approximate surface area is 226 Å². The topological polar surface area (TPSA) is 67.3 Å². The second-order valence-electron chi connectivity index (χ2n) is 8.18. The lowest BCUT2D eigenvalue weighted by Crippen LogP contribution is -2.34. The van der Waals surface area contributed by atoms with Crippen LogP contribution in [0.25, 0.3) is 0 Å². The molecule has 1 amide bonds. The average molecular weight is 540 g/mol. The predicted molar refractivity (Wildman–Crippen MR) is 147 cm³/mol. The minimum Gasteiger partial charge on any atom is -0.494 e. The van der Waals surface area contributed by atoms with Crippen LogP contribution in [-0.2, 0) is 12.8 Å². The molecule has 9 heteroatoms. The van der Waals surface area contributed by atoms with Gasteiger partial charge in [-0.2, -0.15) is 0 Å². The van der Waals surface area contributed by atoms with Crippen LogP contribution in [0.3, 0.4) is 0 Å². The Morgan fingerprint density at radius 1 is 1.06 bits per heavy atom. The minimum atomic E-state index is 0. The molecule has 0 fully saturated rings. The maximum atomic E-state index is 12.2. The molecule has 3 aromatic rings. The van der Waals surface area contributed by atoms with Crippen molar-refractivity contribution in [2.75, 3.05) is 26.7 Å². The molecular formula is C26H33Cl3N4O2. The fraction of sp³-hybridized carbons (Fsp3) is 0.346. The fourth-order valence-electron chi connectivity index (χ4n) is 4.05. The Balaban J connectivity index is 0.00000204. The van der Waals surface area contributed by atoms with E-state index in [1.807, 2.05) is 49.9 Å². The van der Waals surface area contributed by atoms with Crippen molar-refractivity contribution in [1.82, 2.24) is 20.2 Å². The number of hydrogen-bond acceptors (Lipinski definition) is 5. The third-order valence-corrected chi connectivity index (χ3v) is 5.90. The van der Waals surface area contributed by atoms with E-state index in [0.717, 1.165) is 55.6 Å². The summed E-state index contributed by atoms with van der Waals surface area (Å²) in [6.07, 6.45) is 11.2. The number of amides is 1. The van der Waals surface area contributed by atoms with E-state index in [0.29, 0.717) is 6.61 Å². The zero-order valence-electron chi connectivity index (χ0n) is 19.8. The van der Waals surface area contributed by atoms with Gasteiger partial charge in [0.25, 0.3) is 5.91 Å². The molecule has 0 saturated carbocycles. The smallest absolute Gasteiger partial charge is 0.253 e. The van der Waals surface area contributed by atoms with Crippen molar-refractivity contribution in [3.8, 4) is 5.75 Å². The van der Waals surface area contributed by atoms with Gasteiger partial charge in [-0.25, -0.2) is 0 Å². The number of ether oxygens (including phenoxy) is 1. The molecule has 0 spiro atoms. The second-order valence-corrected chi connectivity index (χ2v) is 8.18. The van der Waals surface area contributed by atoms with E-state index >= 15 is 0 Å². The van der Waals surface area contributed by atoms with Crippen LogP contribution in [0.5, 0.6) is 5.75 Å². The Kier molecular flexibility index (Phi) is 13.6. The van der Waals surface area contributed by atoms with Crippen molar-refractivity contribution in [2.24, 2.45) is 0 Å². The Hall–Kier alpha value is -2.38. The molecule has 4 rings (SSSR count). The van der Waals surface area contributed by atoms with E-state index in [9.17, 15) is 4.79 Å². The van der Waals surface area contributed by atoms with E-state index in [2.05, 4.69) is 33.5 Å². The minimum absolute atomic E-state index is 0. The Morgan fingerprint density at radius 2 is 1.86 bits per heavy atom. The van der Waals surface area contributed by atoms with Gasteiger partial charge in [0.1, 0.15) is 5.75 Å². The van der Waals surface area contributed by atoms with E-state index in [4.69, 9.17) is 4.74 Å². The zero-order valence-corrected chi connectivity index (χ0v) is 22.2. The molecule has 1 atom stereocenters. The van der Waals surface area contributed by atoms with Crippen molar-refractivity contribution in [3.05, 3.63) is 89.5 Å². The summed E-state index contributed by atoms with van der Waals surface area (Å²) in [6, 6.07) is 14.3. The van der Waals surface area contributed by atoms with Gasteiger partial charge < -0.3 is 15.0 Å². The summed E-state index contributed by atoms with van der Waals surface area (Å²) in [4.78, 5) is 22.4. The number of benzene rings is 1. The Bertz CT molecular complexity index is 1030. The number of aryl methyl sites for hydroxylation is 1. The summed E-state index contributed by atoms with van der Waals surface area (Å²) in [7, 11) is 1.85. The third-order valence-electron chi connectivity index (χ3n) is 5.90. The number of nitrogens with zero attached hydrogens (tertiary/aromatic N) is 3. The zero-order chi connectivity index (χ0) is 22.2. The summed E-state index contributed by atoms with van der Waals surface area (Å²) in [5.74, 6) is 0.929. The highest BCUT2D eigenvalue weighted by Crippen LogP contribution is 2.23. The fourth-order valence-corrected chi connectivity index (χ4v) is 4.05. The SMILES string of the molecule is CN1CCc2cc(OCCCNC(CCc3cccnc3)c3ccncc3)ccc2C1=O.Cl.Cl.Cl. The highest BCUT2D eigenvalue weighted by Gasteiger charge is 2.21. The molecule has 35 heavy (non-hydrogen) atoms. The van der Waals surface area contributed by atoms with Crippen LogP contribution >= 0.6 is 37.2 Å². The van der Waals surface area contributed by atoms with Crippen LogP contribution in [0.4, 0.5) is 0 Å². The van der Waals surface area contributed by atoms with Gasteiger partial charge in [-0.1, -0.05) is 6.07 Å². The van der Waals surface area contributed by atoms with Gasteiger partial charge in [-0.05, 0) is 85.3 Å². The number of rotatable bonds is 10. The number of fused-ring (bicyclic) bond motifs is 1. The summed E-state index contributed by atoms with van der Waals surface area (Å²) < 4.78 is 5.97. The van der Waals surface area contributed by atoms with E-state index in [1.165, 1.54) is 11.1 Å². The molecule has 6 nitrogen and oxygen atoms in total. The highest BCUT2D eigenvalue weighted by atomic mass is 35.5. The van der Waals surface area contributed by atoms with E-state index < -0.39 is 0 Å². The lowest BCUT2D eigenvalue weighted by Gasteiger charge is -2.25. The number of halogens is 3. The monoisotopic (exact) mass is 538 g/mol. The van der Waals surface area contributed by atoms with Crippen LogP contribution < -0.4 is 10.1 Å². The summed E-state index contributed by atoms with van der Waals surface area (Å²) in [6.45, 7) is 2.24. The second kappa shape index (κ2) is 15.6. The maximum Gasteiger partial charge on any atom is 0.253 e. The molecule has 0 radical (unpaired) electrons. The summed E-state index contributed by atoms with van der Waals surface area (Å²) in [5.41, 5.74) is 4.36. The number of carbonyl (C=O) groups excluding carboxylic acids is 1. The van der Waals surface area contributed by atoms with Crippen molar-refractivity contribution in [2.45, 2.75) is 31.7 Å². The van der Waals surface area contributed by atoms with Crippen LogP contribution in [0, 0.1) is 0 Å². The van der Waals surface area contributed by atoms with Gasteiger partial charge in [0.05, 0.1) is 6.61 Å². The number of likely N-dealkylation sites (N-methyl/N-ethyl adjacent to an activating group) is 1. The predicted octanol–water partition coefficient (Wildman–Crippen LogP) is 5.10. The molecule has 1 aliphatic rings. The normalized spacial score (nSPS) is 12.9.